The molecule has 2 aromatic carbocycles. The summed E-state index contributed by atoms with van der Waals surface area (Å²) in [5.41, 5.74) is 3.91. The Hall–Kier alpha value is -2.85. The number of aryl methyl sites for hydroxylation is 1. The molecule has 4 nitrogen and oxygen atoms in total. The van der Waals surface area contributed by atoms with Gasteiger partial charge < -0.3 is 10.2 Å². The number of halogens is 1. The fraction of sp³-hybridized carbons (Fsp3) is 0.143. The number of hydrogen-bond donors (Lipinski definition) is 1. The van der Waals surface area contributed by atoms with E-state index in [1.165, 1.54) is 0 Å². The van der Waals surface area contributed by atoms with E-state index in [4.69, 9.17) is 11.6 Å². The lowest BCUT2D eigenvalue weighted by Crippen LogP contribution is -2.34. The molecule has 0 fully saturated rings. The van der Waals surface area contributed by atoms with E-state index in [9.17, 15) is 4.79 Å². The zero-order chi connectivity index (χ0) is 18.4. The molecule has 5 heteroatoms. The second-order valence-electron chi connectivity index (χ2n) is 6.08. The van der Waals surface area contributed by atoms with Gasteiger partial charge >= 0.3 is 6.03 Å². The highest BCUT2D eigenvalue weighted by molar-refractivity contribution is 6.30. The van der Waals surface area contributed by atoms with Gasteiger partial charge in [0, 0.05) is 36.2 Å². The first-order valence-electron chi connectivity index (χ1n) is 8.37. The SMILES string of the molecule is Cc1ccccc1CN(Cc1cccnc1)C(=O)Nc1cccc(Cl)c1. The van der Waals surface area contributed by atoms with E-state index in [0.717, 1.165) is 16.7 Å². The quantitative estimate of drug-likeness (QED) is 0.668. The predicted octanol–water partition coefficient (Wildman–Crippen LogP) is 5.28. The molecule has 2 amide bonds. The maximum atomic E-state index is 12.9. The number of aromatic nitrogens is 1. The predicted molar refractivity (Wildman–Crippen MR) is 105 cm³/mol. The van der Waals surface area contributed by atoms with E-state index < -0.39 is 0 Å². The van der Waals surface area contributed by atoms with Gasteiger partial charge in [-0.1, -0.05) is 48.0 Å². The van der Waals surface area contributed by atoms with Crippen molar-refractivity contribution in [3.05, 3.63) is 94.8 Å². The van der Waals surface area contributed by atoms with Gasteiger partial charge in [0.1, 0.15) is 0 Å². The van der Waals surface area contributed by atoms with Crippen LogP contribution < -0.4 is 5.32 Å². The Labute approximate surface area is 158 Å². The van der Waals surface area contributed by atoms with Crippen LogP contribution in [0.2, 0.25) is 5.02 Å². The van der Waals surface area contributed by atoms with Crippen molar-refractivity contribution in [2.45, 2.75) is 20.0 Å². The highest BCUT2D eigenvalue weighted by Gasteiger charge is 2.16. The summed E-state index contributed by atoms with van der Waals surface area (Å²) in [4.78, 5) is 18.8. The molecule has 0 atom stereocenters. The Balaban J connectivity index is 1.81. The van der Waals surface area contributed by atoms with Gasteiger partial charge in [0.15, 0.2) is 0 Å². The highest BCUT2D eigenvalue weighted by Crippen LogP contribution is 2.18. The number of carbonyl (C=O) groups excluding carboxylic acids is 1. The number of nitrogens with one attached hydrogen (secondary N) is 1. The van der Waals surface area contributed by atoms with Gasteiger partial charge in [0.25, 0.3) is 0 Å². The number of urea groups is 1. The zero-order valence-corrected chi connectivity index (χ0v) is 15.3. The van der Waals surface area contributed by atoms with E-state index in [1.807, 2.05) is 55.5 Å². The summed E-state index contributed by atoms with van der Waals surface area (Å²) in [5.74, 6) is 0. The van der Waals surface area contributed by atoms with Crippen LogP contribution in [0.3, 0.4) is 0 Å². The fourth-order valence-corrected chi connectivity index (χ4v) is 2.86. The maximum Gasteiger partial charge on any atom is 0.322 e. The summed E-state index contributed by atoms with van der Waals surface area (Å²) >= 11 is 6.02. The second kappa shape index (κ2) is 8.50. The first-order chi connectivity index (χ1) is 12.6. The summed E-state index contributed by atoms with van der Waals surface area (Å²) < 4.78 is 0. The van der Waals surface area contributed by atoms with Crippen LogP contribution in [0, 0.1) is 6.92 Å². The summed E-state index contributed by atoms with van der Waals surface area (Å²) in [6.45, 7) is 3.02. The van der Waals surface area contributed by atoms with Crippen molar-refractivity contribution >= 4 is 23.3 Å². The number of benzene rings is 2. The maximum absolute atomic E-state index is 12.9. The number of hydrogen-bond acceptors (Lipinski definition) is 2. The molecule has 0 aliphatic rings. The first kappa shape index (κ1) is 18.0. The molecule has 0 saturated carbocycles. The lowest BCUT2D eigenvalue weighted by Gasteiger charge is -2.24. The zero-order valence-electron chi connectivity index (χ0n) is 14.5. The molecule has 1 aromatic heterocycles. The lowest BCUT2D eigenvalue weighted by atomic mass is 10.1. The first-order valence-corrected chi connectivity index (χ1v) is 8.74. The van der Waals surface area contributed by atoms with Crippen LogP contribution >= 0.6 is 11.6 Å². The van der Waals surface area contributed by atoms with Gasteiger partial charge in [-0.15, -0.1) is 0 Å². The monoisotopic (exact) mass is 365 g/mol. The van der Waals surface area contributed by atoms with E-state index in [0.29, 0.717) is 23.8 Å². The number of pyridine rings is 1. The molecule has 1 N–H and O–H groups in total. The Morgan fingerprint density at radius 3 is 2.65 bits per heavy atom. The van der Waals surface area contributed by atoms with Crippen molar-refractivity contribution in [1.82, 2.24) is 9.88 Å². The molecule has 1 heterocycles. The highest BCUT2D eigenvalue weighted by atomic mass is 35.5. The molecule has 132 valence electrons. The molecule has 0 aliphatic heterocycles. The molecule has 0 radical (unpaired) electrons. The number of rotatable bonds is 5. The largest absolute Gasteiger partial charge is 0.322 e. The Kier molecular flexibility index (Phi) is 5.87. The second-order valence-corrected chi connectivity index (χ2v) is 6.52. The molecule has 0 spiro atoms. The summed E-state index contributed by atoms with van der Waals surface area (Å²) in [6, 6.07) is 18.9. The van der Waals surface area contributed by atoms with Crippen molar-refractivity contribution in [1.29, 1.82) is 0 Å². The minimum Gasteiger partial charge on any atom is -0.316 e. The van der Waals surface area contributed by atoms with Crippen molar-refractivity contribution in [2.24, 2.45) is 0 Å². The molecule has 0 saturated heterocycles. The van der Waals surface area contributed by atoms with Crippen LogP contribution in [0.25, 0.3) is 0 Å². The van der Waals surface area contributed by atoms with Gasteiger partial charge in [-0.3, -0.25) is 4.98 Å². The van der Waals surface area contributed by atoms with Crippen molar-refractivity contribution in [3.8, 4) is 0 Å². The van der Waals surface area contributed by atoms with Crippen LogP contribution in [-0.4, -0.2) is 15.9 Å². The molecular weight excluding hydrogens is 346 g/mol. The lowest BCUT2D eigenvalue weighted by molar-refractivity contribution is 0.206. The Bertz CT molecular complexity index is 883. The van der Waals surface area contributed by atoms with Crippen LogP contribution in [0.5, 0.6) is 0 Å². The minimum atomic E-state index is -0.181. The average molecular weight is 366 g/mol. The number of carbonyl (C=O) groups is 1. The minimum absolute atomic E-state index is 0.181. The normalized spacial score (nSPS) is 10.4. The summed E-state index contributed by atoms with van der Waals surface area (Å²) in [6.07, 6.45) is 3.50. The molecule has 0 bridgehead atoms. The van der Waals surface area contributed by atoms with E-state index >= 15 is 0 Å². The van der Waals surface area contributed by atoms with Gasteiger partial charge in [-0.25, -0.2) is 4.79 Å². The molecule has 26 heavy (non-hydrogen) atoms. The average Bonchev–Trinajstić information content (AvgIpc) is 2.64. The fourth-order valence-electron chi connectivity index (χ4n) is 2.67. The van der Waals surface area contributed by atoms with E-state index in [-0.39, 0.29) is 6.03 Å². The van der Waals surface area contributed by atoms with Crippen molar-refractivity contribution in [3.63, 3.8) is 0 Å². The van der Waals surface area contributed by atoms with Crippen LogP contribution in [0.15, 0.2) is 73.1 Å². The molecule has 0 aliphatic carbocycles. The van der Waals surface area contributed by atoms with Crippen molar-refractivity contribution in [2.75, 3.05) is 5.32 Å². The van der Waals surface area contributed by atoms with Gasteiger partial charge in [-0.05, 0) is 47.9 Å². The number of nitrogens with zero attached hydrogens (tertiary/aromatic N) is 2. The Morgan fingerprint density at radius 2 is 1.92 bits per heavy atom. The van der Waals surface area contributed by atoms with Crippen LogP contribution in [0.4, 0.5) is 10.5 Å². The third-order valence-corrected chi connectivity index (χ3v) is 4.32. The van der Waals surface area contributed by atoms with Crippen LogP contribution in [-0.2, 0) is 13.1 Å². The van der Waals surface area contributed by atoms with E-state index in [1.54, 1.807) is 29.4 Å². The summed E-state index contributed by atoms with van der Waals surface area (Å²) in [7, 11) is 0. The van der Waals surface area contributed by atoms with Crippen molar-refractivity contribution < 1.29 is 4.79 Å². The van der Waals surface area contributed by atoms with Crippen LogP contribution in [0.1, 0.15) is 16.7 Å². The van der Waals surface area contributed by atoms with Gasteiger partial charge in [0.2, 0.25) is 0 Å². The topological polar surface area (TPSA) is 45.2 Å². The van der Waals surface area contributed by atoms with Gasteiger partial charge in [0.05, 0.1) is 0 Å². The molecular formula is C21H20ClN3O. The molecule has 3 rings (SSSR count). The number of anilines is 1. The number of amides is 2. The standard InChI is InChI=1S/C21H20ClN3O/c1-16-6-2-3-8-18(16)15-25(14-17-7-5-11-23-13-17)21(26)24-20-10-4-9-19(22)12-20/h2-13H,14-15H2,1H3,(H,24,26). The Morgan fingerprint density at radius 1 is 1.08 bits per heavy atom. The smallest absolute Gasteiger partial charge is 0.316 e. The molecule has 0 unspecified atom stereocenters. The third kappa shape index (κ3) is 4.83. The van der Waals surface area contributed by atoms with E-state index in [2.05, 4.69) is 10.3 Å². The molecule has 3 aromatic rings. The summed E-state index contributed by atoms with van der Waals surface area (Å²) in [5, 5.41) is 3.51. The van der Waals surface area contributed by atoms with Gasteiger partial charge in [-0.2, -0.15) is 0 Å². The third-order valence-electron chi connectivity index (χ3n) is 4.08.